The van der Waals surface area contributed by atoms with Crippen molar-refractivity contribution in [2.24, 2.45) is 5.92 Å². The molecule has 0 saturated carbocycles. The van der Waals surface area contributed by atoms with Crippen molar-refractivity contribution >= 4 is 18.1 Å². The molecule has 1 unspecified atom stereocenters. The number of hydrogen-bond acceptors (Lipinski definition) is 3. The number of nitrogens with zero attached hydrogens (tertiary/aromatic N) is 1. The average Bonchev–Trinajstić information content (AvgIpc) is 2.83. The number of rotatable bonds is 4. The van der Waals surface area contributed by atoms with Gasteiger partial charge in [0.2, 0.25) is 0 Å². The van der Waals surface area contributed by atoms with Crippen molar-refractivity contribution in [1.82, 2.24) is 4.90 Å². The van der Waals surface area contributed by atoms with E-state index in [4.69, 9.17) is 4.74 Å². The number of fused-ring (bicyclic) bond motifs is 1. The number of anilines is 1. The van der Waals surface area contributed by atoms with Crippen molar-refractivity contribution in [2.45, 2.75) is 32.2 Å². The highest BCUT2D eigenvalue weighted by Crippen LogP contribution is 2.28. The van der Waals surface area contributed by atoms with Gasteiger partial charge in [-0.25, -0.2) is 0 Å². The summed E-state index contributed by atoms with van der Waals surface area (Å²) in [5.74, 6) is 0.701. The molecule has 3 rings (SSSR count). The van der Waals surface area contributed by atoms with Gasteiger partial charge in [0, 0.05) is 32.4 Å². The monoisotopic (exact) mass is 310 g/mol. The smallest absolute Gasteiger partial charge is 0.0502 e. The van der Waals surface area contributed by atoms with Gasteiger partial charge >= 0.3 is 0 Å². The Bertz CT molecular complexity index is 452. The van der Waals surface area contributed by atoms with Crippen LogP contribution in [0.5, 0.6) is 0 Å². The van der Waals surface area contributed by atoms with E-state index in [2.05, 4.69) is 28.4 Å². The summed E-state index contributed by atoms with van der Waals surface area (Å²) in [5, 5.41) is 3.56. The lowest BCUT2D eigenvalue weighted by atomic mass is 10.0. The summed E-state index contributed by atoms with van der Waals surface area (Å²) < 4.78 is 5.37. The fourth-order valence-corrected chi connectivity index (χ4v) is 3.62. The predicted octanol–water partition coefficient (Wildman–Crippen LogP) is 3.32. The van der Waals surface area contributed by atoms with Crippen LogP contribution in [0.15, 0.2) is 18.2 Å². The Morgan fingerprint density at radius 2 is 2.24 bits per heavy atom. The summed E-state index contributed by atoms with van der Waals surface area (Å²) >= 11 is 0. The fraction of sp³-hybridized carbons (Fsp3) is 0.647. The molecule has 2 aliphatic rings. The number of hydrogen-bond donors (Lipinski definition) is 1. The standard InChI is InChI=1S/C17H26N2O.ClH/c1-20-13-14-5-2-3-10-19(11-14)12-16-7-4-6-15-8-9-18-17(15)16;/h4,6-7,14,18H,2-3,5,8-13H2,1H3;1H. The Kier molecular flexibility index (Phi) is 6.34. The molecule has 2 aliphatic heterocycles. The second-order valence-corrected chi connectivity index (χ2v) is 6.18. The van der Waals surface area contributed by atoms with Gasteiger partial charge in [0.1, 0.15) is 0 Å². The first-order chi connectivity index (χ1) is 9.86. The normalized spacial score (nSPS) is 22.0. The van der Waals surface area contributed by atoms with Gasteiger partial charge in [-0.15, -0.1) is 12.4 Å². The Labute approximate surface area is 134 Å². The van der Waals surface area contributed by atoms with Crippen molar-refractivity contribution < 1.29 is 4.74 Å². The largest absolute Gasteiger partial charge is 0.384 e. The third-order valence-corrected chi connectivity index (χ3v) is 4.58. The quantitative estimate of drug-likeness (QED) is 0.923. The zero-order chi connectivity index (χ0) is 13.8. The SMILES string of the molecule is COCC1CCCCN(Cc2cccc3c2NCC3)C1.Cl. The highest BCUT2D eigenvalue weighted by molar-refractivity contribution is 5.85. The minimum Gasteiger partial charge on any atom is -0.384 e. The number of halogens is 1. The van der Waals surface area contributed by atoms with Gasteiger partial charge in [0.05, 0.1) is 6.61 Å². The summed E-state index contributed by atoms with van der Waals surface area (Å²) in [6.45, 7) is 5.48. The molecule has 0 amide bonds. The van der Waals surface area contributed by atoms with E-state index in [1.165, 1.54) is 55.6 Å². The molecule has 1 N–H and O–H groups in total. The van der Waals surface area contributed by atoms with Gasteiger partial charge in [0.25, 0.3) is 0 Å². The van der Waals surface area contributed by atoms with Crippen LogP contribution in [0.25, 0.3) is 0 Å². The average molecular weight is 311 g/mol. The maximum absolute atomic E-state index is 5.37. The van der Waals surface area contributed by atoms with E-state index < -0.39 is 0 Å². The first kappa shape index (κ1) is 16.6. The van der Waals surface area contributed by atoms with Crippen LogP contribution in [0.3, 0.4) is 0 Å². The molecule has 21 heavy (non-hydrogen) atoms. The van der Waals surface area contributed by atoms with Gasteiger partial charge in [-0.05, 0) is 42.9 Å². The number of nitrogens with one attached hydrogen (secondary N) is 1. The third kappa shape index (κ3) is 4.12. The van der Waals surface area contributed by atoms with Crippen molar-refractivity contribution in [3.8, 4) is 0 Å². The first-order valence-electron chi connectivity index (χ1n) is 7.93. The van der Waals surface area contributed by atoms with Crippen LogP contribution in [0.1, 0.15) is 30.4 Å². The van der Waals surface area contributed by atoms with Gasteiger partial charge < -0.3 is 10.1 Å². The van der Waals surface area contributed by atoms with Crippen LogP contribution in [-0.4, -0.2) is 38.3 Å². The number of benzene rings is 1. The van der Waals surface area contributed by atoms with Crippen molar-refractivity contribution in [2.75, 3.05) is 38.7 Å². The fourth-order valence-electron chi connectivity index (χ4n) is 3.62. The van der Waals surface area contributed by atoms with Crippen LogP contribution < -0.4 is 5.32 Å². The molecule has 0 bridgehead atoms. The molecule has 0 spiro atoms. The Morgan fingerprint density at radius 1 is 1.33 bits per heavy atom. The molecule has 1 aromatic carbocycles. The lowest BCUT2D eigenvalue weighted by Gasteiger charge is -2.25. The van der Waals surface area contributed by atoms with Gasteiger partial charge in [-0.2, -0.15) is 0 Å². The van der Waals surface area contributed by atoms with Crippen LogP contribution in [0.2, 0.25) is 0 Å². The minimum atomic E-state index is 0. The Morgan fingerprint density at radius 3 is 3.10 bits per heavy atom. The van der Waals surface area contributed by atoms with Gasteiger partial charge in [-0.1, -0.05) is 24.6 Å². The van der Waals surface area contributed by atoms with Crippen LogP contribution >= 0.6 is 12.4 Å². The maximum atomic E-state index is 5.37. The summed E-state index contributed by atoms with van der Waals surface area (Å²) in [7, 11) is 1.82. The topological polar surface area (TPSA) is 24.5 Å². The van der Waals surface area contributed by atoms with E-state index >= 15 is 0 Å². The van der Waals surface area contributed by atoms with Crippen LogP contribution in [0.4, 0.5) is 5.69 Å². The molecule has 4 heteroatoms. The first-order valence-corrected chi connectivity index (χ1v) is 7.93. The Hall–Kier alpha value is -0.770. The molecule has 118 valence electrons. The lowest BCUT2D eigenvalue weighted by molar-refractivity contribution is 0.124. The Balaban J connectivity index is 0.00000161. The maximum Gasteiger partial charge on any atom is 0.0502 e. The lowest BCUT2D eigenvalue weighted by Crippen LogP contribution is -2.30. The molecular formula is C17H27ClN2O. The minimum absolute atomic E-state index is 0. The molecule has 1 aromatic rings. The summed E-state index contributed by atoms with van der Waals surface area (Å²) in [6, 6.07) is 6.76. The number of para-hydroxylation sites is 1. The second-order valence-electron chi connectivity index (χ2n) is 6.18. The molecular weight excluding hydrogens is 284 g/mol. The molecule has 1 atom stereocenters. The van der Waals surface area contributed by atoms with E-state index in [9.17, 15) is 0 Å². The molecule has 0 aromatic heterocycles. The molecule has 1 fully saturated rings. The van der Waals surface area contributed by atoms with E-state index in [0.717, 1.165) is 19.7 Å². The van der Waals surface area contributed by atoms with Gasteiger partial charge in [-0.3, -0.25) is 4.90 Å². The molecule has 0 aliphatic carbocycles. The van der Waals surface area contributed by atoms with Gasteiger partial charge in [0.15, 0.2) is 0 Å². The predicted molar refractivity (Wildman–Crippen MR) is 90.4 cm³/mol. The third-order valence-electron chi connectivity index (χ3n) is 4.58. The molecule has 0 radical (unpaired) electrons. The van der Waals surface area contributed by atoms with Crippen LogP contribution in [-0.2, 0) is 17.7 Å². The molecule has 1 saturated heterocycles. The van der Waals surface area contributed by atoms with E-state index in [1.54, 1.807) is 0 Å². The van der Waals surface area contributed by atoms with E-state index in [-0.39, 0.29) is 12.4 Å². The molecule has 3 nitrogen and oxygen atoms in total. The number of methoxy groups -OCH3 is 1. The molecule has 2 heterocycles. The number of likely N-dealkylation sites (tertiary alicyclic amines) is 1. The highest BCUT2D eigenvalue weighted by atomic mass is 35.5. The van der Waals surface area contributed by atoms with Crippen molar-refractivity contribution in [3.63, 3.8) is 0 Å². The van der Waals surface area contributed by atoms with E-state index in [1.807, 2.05) is 7.11 Å². The summed E-state index contributed by atoms with van der Waals surface area (Å²) in [6.07, 6.45) is 5.16. The van der Waals surface area contributed by atoms with Crippen molar-refractivity contribution in [1.29, 1.82) is 0 Å². The van der Waals surface area contributed by atoms with Crippen molar-refractivity contribution in [3.05, 3.63) is 29.3 Å². The summed E-state index contributed by atoms with van der Waals surface area (Å²) in [4.78, 5) is 2.62. The van der Waals surface area contributed by atoms with Crippen LogP contribution in [0, 0.1) is 5.92 Å². The highest BCUT2D eigenvalue weighted by Gasteiger charge is 2.20. The number of ether oxygens (including phenoxy) is 1. The zero-order valence-corrected chi connectivity index (χ0v) is 13.8. The summed E-state index contributed by atoms with van der Waals surface area (Å²) in [5.41, 5.74) is 4.36. The van der Waals surface area contributed by atoms with E-state index in [0.29, 0.717) is 5.92 Å². The zero-order valence-electron chi connectivity index (χ0n) is 12.9. The second kappa shape index (κ2) is 8.02.